The van der Waals surface area contributed by atoms with Gasteiger partial charge in [0.05, 0.1) is 11.9 Å². The van der Waals surface area contributed by atoms with Crippen LogP contribution in [0.2, 0.25) is 0 Å². The molecular formula is C21H28N2O3S2. The van der Waals surface area contributed by atoms with Gasteiger partial charge < -0.3 is 5.32 Å². The van der Waals surface area contributed by atoms with E-state index in [2.05, 4.69) is 26.1 Å². The molecule has 0 saturated heterocycles. The van der Waals surface area contributed by atoms with Gasteiger partial charge in [0.1, 0.15) is 6.54 Å². The Morgan fingerprint density at radius 3 is 2.18 bits per heavy atom. The number of carbonyl (C=O) groups excluding carboxylic acids is 1. The van der Waals surface area contributed by atoms with Crippen LogP contribution in [0.5, 0.6) is 0 Å². The number of hydrogen-bond donors (Lipinski definition) is 1. The van der Waals surface area contributed by atoms with Crippen molar-refractivity contribution in [3.05, 3.63) is 60.2 Å². The van der Waals surface area contributed by atoms with Crippen molar-refractivity contribution in [1.29, 1.82) is 0 Å². The molecule has 2 rings (SSSR count). The van der Waals surface area contributed by atoms with E-state index in [1.807, 2.05) is 42.5 Å². The second-order valence-electron chi connectivity index (χ2n) is 7.58. The van der Waals surface area contributed by atoms with E-state index in [1.54, 1.807) is 23.9 Å². The van der Waals surface area contributed by atoms with Crippen LogP contribution in [0.25, 0.3) is 0 Å². The second kappa shape index (κ2) is 9.47. The van der Waals surface area contributed by atoms with Gasteiger partial charge in [-0.15, -0.1) is 11.8 Å². The maximum atomic E-state index is 12.3. The van der Waals surface area contributed by atoms with Gasteiger partial charge in [0.2, 0.25) is 15.9 Å². The first kappa shape index (κ1) is 22.3. The summed E-state index contributed by atoms with van der Waals surface area (Å²) in [7, 11) is -3.57. The molecule has 0 fully saturated rings. The molecule has 1 amide bonds. The van der Waals surface area contributed by atoms with Crippen LogP contribution in [-0.2, 0) is 20.2 Å². The van der Waals surface area contributed by atoms with E-state index in [0.29, 0.717) is 12.2 Å². The number of sulfonamides is 1. The standard InChI is InChI=1S/C21H28N2O3S2/c1-21(2,3)17-10-12-18(13-11-17)23(28(4,25)26)16-20(24)22-14-15-27-19-8-6-5-7-9-19/h5-13H,14-16H2,1-4H3,(H,22,24). The van der Waals surface area contributed by atoms with Crippen molar-refractivity contribution in [1.82, 2.24) is 5.32 Å². The van der Waals surface area contributed by atoms with Crippen molar-refractivity contribution in [2.24, 2.45) is 0 Å². The third-order valence-corrected chi connectivity index (χ3v) is 6.30. The Kier molecular flexibility index (Phi) is 7.55. The zero-order valence-electron chi connectivity index (χ0n) is 16.8. The van der Waals surface area contributed by atoms with Gasteiger partial charge in [-0.25, -0.2) is 8.42 Å². The lowest BCUT2D eigenvalue weighted by Gasteiger charge is -2.24. The van der Waals surface area contributed by atoms with Crippen LogP contribution in [0.1, 0.15) is 26.3 Å². The molecule has 7 heteroatoms. The third-order valence-electron chi connectivity index (χ3n) is 4.15. The fourth-order valence-electron chi connectivity index (χ4n) is 2.59. The first-order valence-corrected chi connectivity index (χ1v) is 11.9. The molecule has 5 nitrogen and oxygen atoms in total. The molecule has 0 spiro atoms. The van der Waals surface area contributed by atoms with Crippen molar-refractivity contribution >= 4 is 33.4 Å². The number of nitrogens with one attached hydrogen (secondary N) is 1. The highest BCUT2D eigenvalue weighted by Crippen LogP contribution is 2.25. The van der Waals surface area contributed by atoms with Crippen LogP contribution in [0.4, 0.5) is 5.69 Å². The molecule has 0 aliphatic carbocycles. The second-order valence-corrected chi connectivity index (χ2v) is 10.7. The number of nitrogens with zero attached hydrogens (tertiary/aromatic N) is 1. The van der Waals surface area contributed by atoms with E-state index in [1.165, 1.54) is 0 Å². The Morgan fingerprint density at radius 1 is 1.04 bits per heavy atom. The summed E-state index contributed by atoms with van der Waals surface area (Å²) in [5.74, 6) is 0.397. The summed E-state index contributed by atoms with van der Waals surface area (Å²) < 4.78 is 25.5. The van der Waals surface area contributed by atoms with E-state index in [-0.39, 0.29) is 17.9 Å². The van der Waals surface area contributed by atoms with Crippen LogP contribution < -0.4 is 9.62 Å². The van der Waals surface area contributed by atoms with Crippen molar-refractivity contribution in [2.75, 3.05) is 29.4 Å². The molecule has 0 aromatic heterocycles. The maximum Gasteiger partial charge on any atom is 0.240 e. The number of benzene rings is 2. The molecule has 0 saturated carbocycles. The van der Waals surface area contributed by atoms with E-state index >= 15 is 0 Å². The summed E-state index contributed by atoms with van der Waals surface area (Å²) in [4.78, 5) is 13.4. The number of rotatable bonds is 8. The van der Waals surface area contributed by atoms with Crippen LogP contribution in [0.15, 0.2) is 59.5 Å². The zero-order chi connectivity index (χ0) is 20.8. The zero-order valence-corrected chi connectivity index (χ0v) is 18.4. The molecule has 0 aliphatic heterocycles. The molecule has 0 unspecified atom stereocenters. The number of carbonyl (C=O) groups is 1. The molecule has 0 bridgehead atoms. The Bertz CT molecular complexity index is 874. The summed E-state index contributed by atoms with van der Waals surface area (Å²) in [6.45, 7) is 6.52. The maximum absolute atomic E-state index is 12.3. The van der Waals surface area contributed by atoms with Gasteiger partial charge in [0, 0.05) is 17.2 Å². The van der Waals surface area contributed by atoms with Gasteiger partial charge in [-0.3, -0.25) is 9.10 Å². The molecule has 2 aromatic carbocycles. The minimum absolute atomic E-state index is 0.0256. The van der Waals surface area contributed by atoms with Gasteiger partial charge in [-0.2, -0.15) is 0 Å². The highest BCUT2D eigenvalue weighted by atomic mass is 32.2. The summed E-state index contributed by atoms with van der Waals surface area (Å²) in [6.07, 6.45) is 1.11. The fourth-order valence-corrected chi connectivity index (χ4v) is 4.24. The predicted molar refractivity (Wildman–Crippen MR) is 118 cm³/mol. The smallest absolute Gasteiger partial charge is 0.240 e. The van der Waals surface area contributed by atoms with Gasteiger partial charge in [-0.1, -0.05) is 51.1 Å². The number of anilines is 1. The lowest BCUT2D eigenvalue weighted by atomic mass is 9.87. The van der Waals surface area contributed by atoms with Crippen molar-refractivity contribution in [3.8, 4) is 0 Å². The number of amides is 1. The van der Waals surface area contributed by atoms with Crippen LogP contribution in [0, 0.1) is 0 Å². The molecule has 0 heterocycles. The van der Waals surface area contributed by atoms with Crippen LogP contribution in [-0.4, -0.2) is 39.4 Å². The lowest BCUT2D eigenvalue weighted by molar-refractivity contribution is -0.119. The molecule has 0 aliphatic rings. The monoisotopic (exact) mass is 420 g/mol. The Hall–Kier alpha value is -1.99. The van der Waals surface area contributed by atoms with Crippen LogP contribution in [0.3, 0.4) is 0 Å². The molecule has 2 aromatic rings. The summed E-state index contributed by atoms with van der Waals surface area (Å²) in [5.41, 5.74) is 1.57. The van der Waals surface area contributed by atoms with Gasteiger partial charge in [0.25, 0.3) is 0 Å². The molecular weight excluding hydrogens is 392 g/mol. The summed E-state index contributed by atoms with van der Waals surface area (Å²) >= 11 is 1.64. The van der Waals surface area contributed by atoms with E-state index in [0.717, 1.165) is 26.8 Å². The summed E-state index contributed by atoms with van der Waals surface area (Å²) in [5, 5.41) is 2.79. The highest BCUT2D eigenvalue weighted by molar-refractivity contribution is 7.99. The first-order valence-electron chi connectivity index (χ1n) is 9.10. The minimum atomic E-state index is -3.57. The third kappa shape index (κ3) is 6.87. The lowest BCUT2D eigenvalue weighted by Crippen LogP contribution is -2.41. The van der Waals surface area contributed by atoms with Crippen molar-refractivity contribution < 1.29 is 13.2 Å². The predicted octanol–water partition coefficient (Wildman–Crippen LogP) is 3.66. The molecule has 0 radical (unpaired) electrons. The van der Waals surface area contributed by atoms with Gasteiger partial charge in [-0.05, 0) is 35.2 Å². The largest absolute Gasteiger partial charge is 0.354 e. The van der Waals surface area contributed by atoms with Crippen molar-refractivity contribution in [2.45, 2.75) is 31.1 Å². The number of thioether (sulfide) groups is 1. The minimum Gasteiger partial charge on any atom is -0.354 e. The quantitative estimate of drug-likeness (QED) is 0.523. The average molecular weight is 421 g/mol. The summed E-state index contributed by atoms with van der Waals surface area (Å²) in [6, 6.07) is 17.2. The van der Waals surface area contributed by atoms with E-state index < -0.39 is 10.0 Å². The van der Waals surface area contributed by atoms with Gasteiger partial charge in [0.15, 0.2) is 0 Å². The Morgan fingerprint density at radius 2 is 1.64 bits per heavy atom. The highest BCUT2D eigenvalue weighted by Gasteiger charge is 2.21. The molecule has 0 atom stereocenters. The van der Waals surface area contributed by atoms with Crippen LogP contribution >= 0.6 is 11.8 Å². The SMILES string of the molecule is CC(C)(C)c1ccc(N(CC(=O)NCCSc2ccccc2)S(C)(=O)=O)cc1. The first-order chi connectivity index (χ1) is 13.1. The fraction of sp³-hybridized carbons (Fsp3) is 0.381. The van der Waals surface area contributed by atoms with Gasteiger partial charge >= 0.3 is 0 Å². The molecule has 152 valence electrons. The Labute approximate surface area is 172 Å². The Balaban J connectivity index is 1.95. The van der Waals surface area contributed by atoms with Crippen molar-refractivity contribution in [3.63, 3.8) is 0 Å². The molecule has 28 heavy (non-hydrogen) atoms. The molecule has 1 N–H and O–H groups in total. The van der Waals surface area contributed by atoms with E-state index in [4.69, 9.17) is 0 Å². The topological polar surface area (TPSA) is 66.5 Å². The van der Waals surface area contributed by atoms with E-state index in [9.17, 15) is 13.2 Å². The average Bonchev–Trinajstić information content (AvgIpc) is 2.63. The number of hydrogen-bond acceptors (Lipinski definition) is 4. The normalized spacial score (nSPS) is 11.9.